The van der Waals surface area contributed by atoms with E-state index in [1.165, 1.54) is 11.1 Å². The van der Waals surface area contributed by atoms with Gasteiger partial charge in [0.15, 0.2) is 0 Å². The van der Waals surface area contributed by atoms with Crippen molar-refractivity contribution in [2.45, 2.75) is 13.8 Å². The van der Waals surface area contributed by atoms with E-state index in [2.05, 4.69) is 43.3 Å². The first kappa shape index (κ1) is 12.5. The number of nitrogens with two attached hydrogens (primary N) is 1. The summed E-state index contributed by atoms with van der Waals surface area (Å²) in [5.74, 6) is 0.354. The summed E-state index contributed by atoms with van der Waals surface area (Å²) in [5.41, 5.74) is 12.0. The van der Waals surface area contributed by atoms with E-state index in [0.29, 0.717) is 5.88 Å². The molecule has 0 saturated carbocycles. The van der Waals surface area contributed by atoms with Crippen molar-refractivity contribution in [2.24, 2.45) is 0 Å². The minimum absolute atomic E-state index is 0.354. The molecule has 3 heteroatoms. The quantitative estimate of drug-likeness (QED) is 0.754. The average molecular weight is 264 g/mol. The van der Waals surface area contributed by atoms with Gasteiger partial charge in [-0.15, -0.1) is 0 Å². The lowest BCUT2D eigenvalue weighted by molar-refractivity contribution is 0.439. The highest BCUT2D eigenvalue weighted by Crippen LogP contribution is 2.36. The van der Waals surface area contributed by atoms with Gasteiger partial charge < -0.3 is 10.3 Å². The van der Waals surface area contributed by atoms with Crippen LogP contribution in [0.1, 0.15) is 11.1 Å². The summed E-state index contributed by atoms with van der Waals surface area (Å²) in [7, 11) is 0. The Balaban J connectivity index is 2.20. The summed E-state index contributed by atoms with van der Waals surface area (Å²) in [6.45, 7) is 4.11. The van der Waals surface area contributed by atoms with Crippen molar-refractivity contribution in [2.75, 3.05) is 5.73 Å². The second kappa shape index (κ2) is 4.85. The van der Waals surface area contributed by atoms with E-state index in [9.17, 15) is 0 Å². The number of anilines is 1. The van der Waals surface area contributed by atoms with Gasteiger partial charge in [-0.2, -0.15) is 0 Å². The minimum Gasteiger partial charge on any atom is -0.367 e. The Morgan fingerprint density at radius 3 is 2.15 bits per heavy atom. The molecule has 2 N–H and O–H groups in total. The number of hydrogen-bond acceptors (Lipinski definition) is 3. The summed E-state index contributed by atoms with van der Waals surface area (Å²) < 4.78 is 5.21. The van der Waals surface area contributed by atoms with Gasteiger partial charge in [0, 0.05) is 5.56 Å². The first-order valence-electron chi connectivity index (χ1n) is 6.54. The highest BCUT2D eigenvalue weighted by Gasteiger charge is 2.17. The van der Waals surface area contributed by atoms with Gasteiger partial charge in [0.05, 0.1) is 5.56 Å². The van der Waals surface area contributed by atoms with E-state index in [0.717, 1.165) is 22.4 Å². The number of aromatic nitrogens is 1. The van der Waals surface area contributed by atoms with Gasteiger partial charge in [0.1, 0.15) is 5.69 Å². The standard InChI is InChI=1S/C17H16N2O/c1-11-5-3-7-13(9-11)15-16(19-20-17(15)18)14-8-4-6-12(2)10-14/h3-10H,18H2,1-2H3. The van der Waals surface area contributed by atoms with E-state index in [1.54, 1.807) is 0 Å². The maximum atomic E-state index is 5.97. The van der Waals surface area contributed by atoms with Crippen LogP contribution < -0.4 is 5.73 Å². The van der Waals surface area contributed by atoms with Gasteiger partial charge in [-0.1, -0.05) is 58.7 Å². The lowest BCUT2D eigenvalue weighted by Gasteiger charge is -2.04. The van der Waals surface area contributed by atoms with Crippen molar-refractivity contribution in [3.05, 3.63) is 59.7 Å². The molecular formula is C17H16N2O. The highest BCUT2D eigenvalue weighted by molar-refractivity contribution is 5.87. The van der Waals surface area contributed by atoms with E-state index in [-0.39, 0.29) is 0 Å². The second-order valence-corrected chi connectivity index (χ2v) is 5.01. The summed E-state index contributed by atoms with van der Waals surface area (Å²) in [6.07, 6.45) is 0. The molecule has 0 bridgehead atoms. The topological polar surface area (TPSA) is 52.0 Å². The molecule has 0 radical (unpaired) electrons. The van der Waals surface area contributed by atoms with E-state index in [1.807, 2.05) is 24.3 Å². The summed E-state index contributed by atoms with van der Waals surface area (Å²) in [6, 6.07) is 16.3. The van der Waals surface area contributed by atoms with Crippen LogP contribution in [0.25, 0.3) is 22.4 Å². The Hall–Kier alpha value is -2.55. The van der Waals surface area contributed by atoms with Crippen LogP contribution in [0.15, 0.2) is 53.1 Å². The van der Waals surface area contributed by atoms with E-state index in [4.69, 9.17) is 10.3 Å². The maximum absolute atomic E-state index is 5.97. The fraction of sp³-hybridized carbons (Fsp3) is 0.118. The van der Waals surface area contributed by atoms with Crippen LogP contribution in [-0.4, -0.2) is 5.16 Å². The number of rotatable bonds is 2. The van der Waals surface area contributed by atoms with Crippen LogP contribution >= 0.6 is 0 Å². The molecule has 100 valence electrons. The molecule has 1 aromatic heterocycles. The third-order valence-electron chi connectivity index (χ3n) is 3.32. The van der Waals surface area contributed by atoms with Crippen molar-refractivity contribution in [3.63, 3.8) is 0 Å². The smallest absolute Gasteiger partial charge is 0.230 e. The number of aryl methyl sites for hydroxylation is 2. The highest BCUT2D eigenvalue weighted by atomic mass is 16.5. The van der Waals surface area contributed by atoms with Crippen molar-refractivity contribution in [1.82, 2.24) is 5.16 Å². The molecule has 0 unspecified atom stereocenters. The lowest BCUT2D eigenvalue weighted by atomic mass is 9.99. The van der Waals surface area contributed by atoms with Crippen LogP contribution in [0.3, 0.4) is 0 Å². The van der Waals surface area contributed by atoms with E-state index >= 15 is 0 Å². The number of nitrogens with zero attached hydrogens (tertiary/aromatic N) is 1. The van der Waals surface area contributed by atoms with Gasteiger partial charge in [0.2, 0.25) is 5.88 Å². The molecule has 0 fully saturated rings. The van der Waals surface area contributed by atoms with Crippen LogP contribution in [0, 0.1) is 13.8 Å². The molecule has 20 heavy (non-hydrogen) atoms. The third kappa shape index (κ3) is 2.18. The Bertz CT molecular complexity index is 759. The molecule has 0 aliphatic heterocycles. The Morgan fingerprint density at radius 2 is 1.50 bits per heavy atom. The number of hydrogen-bond donors (Lipinski definition) is 1. The molecule has 0 spiro atoms. The number of benzene rings is 2. The minimum atomic E-state index is 0.354. The SMILES string of the molecule is Cc1cccc(-c2noc(N)c2-c2cccc(C)c2)c1. The molecule has 0 saturated heterocycles. The molecule has 0 aliphatic rings. The molecule has 0 aliphatic carbocycles. The Kier molecular flexibility index (Phi) is 3.03. The van der Waals surface area contributed by atoms with Gasteiger partial charge in [-0.3, -0.25) is 0 Å². The average Bonchev–Trinajstić information content (AvgIpc) is 2.80. The first-order valence-corrected chi connectivity index (χ1v) is 6.54. The van der Waals surface area contributed by atoms with Crippen LogP contribution in [0.5, 0.6) is 0 Å². The zero-order chi connectivity index (χ0) is 14.1. The predicted octanol–water partition coefficient (Wildman–Crippen LogP) is 4.21. The lowest BCUT2D eigenvalue weighted by Crippen LogP contribution is -1.88. The fourth-order valence-electron chi connectivity index (χ4n) is 2.37. The Labute approximate surface area is 118 Å². The van der Waals surface area contributed by atoms with Crippen molar-refractivity contribution < 1.29 is 4.52 Å². The van der Waals surface area contributed by atoms with Crippen molar-refractivity contribution >= 4 is 5.88 Å². The first-order chi connectivity index (χ1) is 9.65. The number of nitrogen functional groups attached to an aromatic ring is 1. The normalized spacial score (nSPS) is 10.7. The molecule has 2 aromatic carbocycles. The summed E-state index contributed by atoms with van der Waals surface area (Å²) in [4.78, 5) is 0. The van der Waals surface area contributed by atoms with Crippen LogP contribution in [-0.2, 0) is 0 Å². The maximum Gasteiger partial charge on any atom is 0.230 e. The van der Waals surface area contributed by atoms with Crippen LogP contribution in [0.2, 0.25) is 0 Å². The molecule has 0 atom stereocenters. The van der Waals surface area contributed by atoms with Crippen LogP contribution in [0.4, 0.5) is 5.88 Å². The monoisotopic (exact) mass is 264 g/mol. The molecule has 3 nitrogen and oxygen atoms in total. The van der Waals surface area contributed by atoms with E-state index < -0.39 is 0 Å². The molecular weight excluding hydrogens is 248 g/mol. The van der Waals surface area contributed by atoms with Gasteiger partial charge in [0.25, 0.3) is 0 Å². The predicted molar refractivity (Wildman–Crippen MR) is 81.3 cm³/mol. The summed E-state index contributed by atoms with van der Waals surface area (Å²) in [5, 5.41) is 4.13. The van der Waals surface area contributed by atoms with Gasteiger partial charge >= 0.3 is 0 Å². The van der Waals surface area contributed by atoms with Crippen molar-refractivity contribution in [3.8, 4) is 22.4 Å². The zero-order valence-corrected chi connectivity index (χ0v) is 11.6. The molecule has 0 amide bonds. The molecule has 3 aromatic rings. The van der Waals surface area contributed by atoms with Gasteiger partial charge in [-0.25, -0.2) is 0 Å². The Morgan fingerprint density at radius 1 is 0.900 bits per heavy atom. The fourth-order valence-corrected chi connectivity index (χ4v) is 2.37. The van der Waals surface area contributed by atoms with Crippen molar-refractivity contribution in [1.29, 1.82) is 0 Å². The van der Waals surface area contributed by atoms with Gasteiger partial charge in [-0.05, 0) is 25.5 Å². The summed E-state index contributed by atoms with van der Waals surface area (Å²) >= 11 is 0. The molecule has 1 heterocycles. The molecule has 3 rings (SSSR count). The largest absolute Gasteiger partial charge is 0.367 e. The second-order valence-electron chi connectivity index (χ2n) is 5.01. The zero-order valence-electron chi connectivity index (χ0n) is 11.6. The third-order valence-corrected chi connectivity index (χ3v) is 3.32.